The predicted molar refractivity (Wildman–Crippen MR) is 529 cm³/mol. The molecule has 144 heavy (non-hydrogen) atoms. The van der Waals surface area contributed by atoms with Gasteiger partial charge in [-0.25, -0.2) is 52.7 Å². The molecule has 5 N–H and O–H groups in total. The number of para-hydroxylation sites is 4. The van der Waals surface area contributed by atoms with Gasteiger partial charge in [0.05, 0.1) is 13.2 Å². The maximum absolute atomic E-state index is 12.7. The first kappa shape index (κ1) is 120. The lowest BCUT2D eigenvalue weighted by Gasteiger charge is -2.46. The van der Waals surface area contributed by atoms with Crippen molar-refractivity contribution < 1.29 is 152 Å². The zero-order valence-electron chi connectivity index (χ0n) is 83.3. The molecule has 2 saturated carbocycles. The van der Waals surface area contributed by atoms with Gasteiger partial charge in [-0.15, -0.1) is 0 Å². The Morgan fingerprint density at radius 2 is 0.611 bits per heavy atom. The SMILES string of the molecule is C=CC(=O)OCC(COc1ccccc1)OC(=O)CCCCCCCNC(=O)OC(COC(=O)C=C)COc1ccccc1.C=CC(=O)OCC(COc1ccccc1)OC(=O)NCc1cccc(CNC(=O)OC(COC(=O)C=C)COc2ccccc2)c1.C=CC(=O)OCCOC(=O)CC1CC(C)(C)CC(C)(CNC(=O)OCCCCOC(=O)CC2CC(C)(C)CC(C)(CNC(=O)OCCOC(=O)C=C)C2)C1. The molecule has 786 valence electrons. The number of ether oxygens (including phenoxy) is 18. The predicted octanol–water partition coefficient (Wildman–Crippen LogP) is 15.7. The van der Waals surface area contributed by atoms with Crippen molar-refractivity contribution in [2.75, 3.05) is 112 Å². The molecule has 5 aromatic carbocycles. The molecule has 8 unspecified atom stereocenters. The number of benzene rings is 5. The van der Waals surface area contributed by atoms with Crippen molar-refractivity contribution in [1.82, 2.24) is 26.6 Å². The summed E-state index contributed by atoms with van der Waals surface area (Å²) >= 11 is 0. The summed E-state index contributed by atoms with van der Waals surface area (Å²) in [6.07, 6.45) is 10.2. The van der Waals surface area contributed by atoms with Crippen LogP contribution in [-0.2, 0) is 123 Å². The number of hydrogen-bond acceptors (Lipinski definition) is 32. The van der Waals surface area contributed by atoms with Crippen LogP contribution in [0, 0.1) is 33.5 Å². The number of esters is 9. The number of amides is 5. The number of alkyl carbamates (subject to hydrolysis) is 5. The second kappa shape index (κ2) is 67.7. The Hall–Kier alpha value is -14.7. The molecule has 0 spiro atoms. The normalized spacial score (nSPS) is 16.3. The van der Waals surface area contributed by atoms with Gasteiger partial charge in [0, 0.05) is 88.4 Å². The van der Waals surface area contributed by atoms with Gasteiger partial charge < -0.3 is 112 Å². The van der Waals surface area contributed by atoms with Crippen LogP contribution >= 0.6 is 0 Å². The molecule has 0 aromatic heterocycles. The van der Waals surface area contributed by atoms with E-state index < -0.39 is 96.7 Å². The van der Waals surface area contributed by atoms with Gasteiger partial charge in [-0.1, -0.05) is 197 Å². The number of nitrogens with one attached hydrogen (secondary N) is 5. The Labute approximate surface area is 842 Å². The Balaban J connectivity index is 0.000000383. The fraction of sp³-hybridized carbons (Fsp3) is 0.477. The lowest BCUT2D eigenvalue weighted by Crippen LogP contribution is -2.44. The Morgan fingerprint density at radius 3 is 0.979 bits per heavy atom. The molecule has 2 fully saturated rings. The van der Waals surface area contributed by atoms with Gasteiger partial charge in [-0.2, -0.15) is 0 Å². The molecule has 37 heteroatoms. The van der Waals surface area contributed by atoms with Gasteiger partial charge in [0.25, 0.3) is 0 Å². The fourth-order valence-electron chi connectivity index (χ4n) is 16.1. The molecule has 0 saturated heterocycles. The largest absolute Gasteiger partial charge is 0.490 e. The topological polar surface area (TPSA) is 465 Å². The molecule has 5 amide bonds. The van der Waals surface area contributed by atoms with Gasteiger partial charge in [0.1, 0.15) is 102 Å². The summed E-state index contributed by atoms with van der Waals surface area (Å²) in [5.74, 6) is -2.23. The van der Waals surface area contributed by atoms with E-state index in [1.807, 2.05) is 48.5 Å². The maximum atomic E-state index is 12.7. The number of rotatable bonds is 61. The van der Waals surface area contributed by atoms with Gasteiger partial charge in [-0.05, 0) is 157 Å². The zero-order chi connectivity index (χ0) is 105. The monoisotopic (exact) mass is 2010 g/mol. The molecule has 7 rings (SSSR count). The first-order chi connectivity index (χ1) is 69.0. The lowest BCUT2D eigenvalue weighted by molar-refractivity contribution is -0.158. The zero-order valence-corrected chi connectivity index (χ0v) is 83.3. The van der Waals surface area contributed by atoms with Crippen molar-refractivity contribution in [3.05, 3.63) is 233 Å². The standard InChI is InChI=1S/C40H64N2O12.C34H36N2O10.C33H41NO10/c1-9-31(43)50-15-16-52-34(46)20-30-22-38(5,6)25-39(7,24-30)27-41-35(47)53-14-12-11-13-49-33(45)19-29-21-37(3,4)26-40(8,23-29)28-42-36(48)54-18-17-51-32(44)10-2;1-3-31(37)43-23-29(21-41-27-14-7-5-8-15-27)45-33(39)35-19-25-12-11-13-26(18-25)20-36-34(40)46-30(24-44-32(38)4-2)22-42-28-16-9-6-10-17-28;1-3-30(35)41-24-28(22-39-26-16-10-8-11-17-26)43-32(37)20-14-6-5-7-15-21-34-33(38)44-29(25-42-31(36)4-2)23-40-27-18-12-9-13-19-27/h9-10,29-30H,1-2,11-28H2,3-8H3,(H,41,47)(H,42,48);3-18,29-30H,1-2,19-24H2,(H,35,39)(H,36,40);3-4,8-13,16-19,28-29H,1-2,5-7,14-15,20-25H2,(H,34,38). The van der Waals surface area contributed by atoms with Gasteiger partial charge >= 0.3 is 84.2 Å². The Kier molecular flexibility index (Phi) is 56.3. The molecule has 0 aliphatic heterocycles. The third-order valence-electron chi connectivity index (χ3n) is 21.6. The van der Waals surface area contributed by atoms with Crippen LogP contribution in [0.25, 0.3) is 0 Å². The Morgan fingerprint density at radius 1 is 0.306 bits per heavy atom. The van der Waals surface area contributed by atoms with E-state index in [0.29, 0.717) is 68.3 Å². The molecular weight excluding hydrogens is 1870 g/mol. The van der Waals surface area contributed by atoms with Crippen LogP contribution in [0.1, 0.15) is 155 Å². The third kappa shape index (κ3) is 55.5. The van der Waals surface area contributed by atoms with E-state index >= 15 is 0 Å². The van der Waals surface area contributed by atoms with Crippen molar-refractivity contribution in [2.24, 2.45) is 33.5 Å². The van der Waals surface area contributed by atoms with Gasteiger partial charge in [0.2, 0.25) is 0 Å². The van der Waals surface area contributed by atoms with Crippen molar-refractivity contribution in [3.63, 3.8) is 0 Å². The highest BCUT2D eigenvalue weighted by Crippen LogP contribution is 2.51. The second-order valence-corrected chi connectivity index (χ2v) is 36.1. The van der Waals surface area contributed by atoms with E-state index in [0.717, 1.165) is 105 Å². The summed E-state index contributed by atoms with van der Waals surface area (Å²) in [6, 6.07) is 43.0. The van der Waals surface area contributed by atoms with Crippen molar-refractivity contribution in [2.45, 2.75) is 182 Å². The van der Waals surface area contributed by atoms with Crippen molar-refractivity contribution >= 4 is 84.2 Å². The van der Waals surface area contributed by atoms with E-state index in [4.69, 9.17) is 85.3 Å². The minimum Gasteiger partial charge on any atom is -0.490 e. The first-order valence-electron chi connectivity index (χ1n) is 47.7. The molecule has 0 radical (unpaired) electrons. The van der Waals surface area contributed by atoms with E-state index in [1.54, 1.807) is 97.1 Å². The van der Waals surface area contributed by atoms with Crippen LogP contribution < -0.4 is 45.5 Å². The van der Waals surface area contributed by atoms with E-state index in [2.05, 4.69) is 108 Å². The molecular formula is C107H141N5O32. The van der Waals surface area contributed by atoms with Crippen LogP contribution in [0.3, 0.4) is 0 Å². The molecule has 5 aromatic rings. The Bertz CT molecular complexity index is 4650. The highest BCUT2D eigenvalue weighted by molar-refractivity contribution is 5.83. The molecule has 37 nitrogen and oxygen atoms in total. The van der Waals surface area contributed by atoms with E-state index in [1.165, 1.54) is 0 Å². The molecule has 0 heterocycles. The number of carbonyl (C=O) groups excluding carboxylic acids is 14. The maximum Gasteiger partial charge on any atom is 0.407 e. The van der Waals surface area contributed by atoms with Crippen LogP contribution in [0.2, 0.25) is 0 Å². The number of carbonyl (C=O) groups is 14. The van der Waals surface area contributed by atoms with Gasteiger partial charge in [-0.3, -0.25) is 14.4 Å². The molecule has 0 bridgehead atoms. The average molecular weight is 2010 g/mol. The lowest BCUT2D eigenvalue weighted by atomic mass is 9.60. The summed E-state index contributed by atoms with van der Waals surface area (Å²) in [7, 11) is 0. The van der Waals surface area contributed by atoms with E-state index in [9.17, 15) is 67.1 Å². The van der Waals surface area contributed by atoms with E-state index in [-0.39, 0.29) is 170 Å². The van der Waals surface area contributed by atoms with Crippen molar-refractivity contribution in [3.8, 4) is 23.0 Å². The van der Waals surface area contributed by atoms with Crippen LogP contribution in [0.4, 0.5) is 24.0 Å². The highest BCUT2D eigenvalue weighted by atomic mass is 16.6. The van der Waals surface area contributed by atoms with Crippen molar-refractivity contribution in [1.29, 1.82) is 0 Å². The minimum atomic E-state index is -0.882. The fourth-order valence-corrected chi connectivity index (χ4v) is 16.1. The number of hydrogen-bond donors (Lipinski definition) is 5. The third-order valence-corrected chi connectivity index (χ3v) is 21.6. The number of unbranched alkanes of at least 4 members (excludes halogenated alkanes) is 5. The average Bonchev–Trinajstić information content (AvgIpc) is 0.799. The van der Waals surface area contributed by atoms with Crippen LogP contribution in [-0.4, -0.2) is 221 Å². The highest BCUT2D eigenvalue weighted by Gasteiger charge is 2.44. The molecule has 2 aliphatic rings. The summed E-state index contributed by atoms with van der Waals surface area (Å²) < 4.78 is 95.3. The summed E-state index contributed by atoms with van der Waals surface area (Å²) in [4.78, 5) is 168. The summed E-state index contributed by atoms with van der Waals surface area (Å²) in [5.41, 5.74) is 0.900. The first-order valence-corrected chi connectivity index (χ1v) is 47.7. The molecule has 2 aliphatic carbocycles. The van der Waals surface area contributed by atoms with Crippen LogP contribution in [0.5, 0.6) is 23.0 Å². The smallest absolute Gasteiger partial charge is 0.407 e. The second-order valence-electron chi connectivity index (χ2n) is 36.1. The minimum absolute atomic E-state index is 0.00502. The quantitative estimate of drug-likeness (QED) is 0.0104. The summed E-state index contributed by atoms with van der Waals surface area (Å²) in [6.45, 7) is 33.7. The molecule has 8 atom stereocenters. The van der Waals surface area contributed by atoms with Gasteiger partial charge in [0.15, 0.2) is 24.4 Å². The van der Waals surface area contributed by atoms with Crippen LogP contribution in [0.15, 0.2) is 222 Å². The summed E-state index contributed by atoms with van der Waals surface area (Å²) in [5, 5.41) is 13.7.